The van der Waals surface area contributed by atoms with Gasteiger partial charge in [-0.15, -0.1) is 0 Å². The molecule has 1 aliphatic carbocycles. The summed E-state index contributed by atoms with van der Waals surface area (Å²) in [5.74, 6) is -0.956. The Morgan fingerprint density at radius 3 is 1.77 bits per heavy atom. The predicted octanol–water partition coefficient (Wildman–Crippen LogP) is 5.31. The third kappa shape index (κ3) is 10.4. The highest BCUT2D eigenvalue weighted by atomic mass is 16.6. The molecule has 0 heterocycles. The molecule has 0 aromatic heterocycles. The fraction of sp³-hybridized carbons (Fsp3) is 0.441. The molecule has 44 heavy (non-hydrogen) atoms. The fourth-order valence-corrected chi connectivity index (χ4v) is 4.72. The largest absolute Gasteiger partial charge is 0.444 e. The molecular formula is C34H43N3O7. The van der Waals surface area contributed by atoms with Gasteiger partial charge in [-0.3, -0.25) is 14.4 Å². The van der Waals surface area contributed by atoms with Crippen molar-refractivity contribution in [1.29, 1.82) is 0 Å². The van der Waals surface area contributed by atoms with Gasteiger partial charge in [-0.1, -0.05) is 54.6 Å². The first kappa shape index (κ1) is 34.0. The summed E-state index contributed by atoms with van der Waals surface area (Å²) in [6, 6.07) is 15.0. The smallest absolute Gasteiger partial charge is 0.408 e. The van der Waals surface area contributed by atoms with E-state index in [1.807, 2.05) is 30.3 Å². The van der Waals surface area contributed by atoms with E-state index in [-0.39, 0.29) is 43.9 Å². The van der Waals surface area contributed by atoms with Gasteiger partial charge in [-0.05, 0) is 66.4 Å². The molecule has 1 aliphatic rings. The summed E-state index contributed by atoms with van der Waals surface area (Å²) in [5.41, 5.74) is 0.814. The summed E-state index contributed by atoms with van der Waals surface area (Å²) >= 11 is 0. The third-order valence-corrected chi connectivity index (χ3v) is 6.56. The Hall–Kier alpha value is -4.47. The number of hydrogen-bond acceptors (Lipinski definition) is 7. The van der Waals surface area contributed by atoms with E-state index < -0.39 is 35.3 Å². The highest BCUT2D eigenvalue weighted by Gasteiger charge is 2.32. The molecule has 236 valence electrons. The minimum absolute atomic E-state index is 0.0658. The van der Waals surface area contributed by atoms with E-state index in [0.717, 1.165) is 5.56 Å². The van der Waals surface area contributed by atoms with Gasteiger partial charge in [0, 0.05) is 41.8 Å². The first-order valence-electron chi connectivity index (χ1n) is 14.8. The Morgan fingerprint density at radius 2 is 1.20 bits per heavy atom. The lowest BCUT2D eigenvalue weighted by Crippen LogP contribution is -2.49. The number of amides is 3. The Bertz CT molecular complexity index is 1400. The molecule has 1 atom stereocenters. The summed E-state index contributed by atoms with van der Waals surface area (Å²) in [6.07, 6.45) is -0.266. The number of carbonyl (C=O) groups is 5. The van der Waals surface area contributed by atoms with Crippen LogP contribution in [0.3, 0.4) is 0 Å². The minimum atomic E-state index is -0.927. The molecule has 2 aromatic carbocycles. The van der Waals surface area contributed by atoms with Crippen LogP contribution in [0.1, 0.15) is 87.1 Å². The van der Waals surface area contributed by atoms with Crippen molar-refractivity contribution in [2.24, 2.45) is 0 Å². The van der Waals surface area contributed by atoms with Crippen molar-refractivity contribution in [3.63, 3.8) is 0 Å². The lowest BCUT2D eigenvalue weighted by atomic mass is 9.81. The summed E-state index contributed by atoms with van der Waals surface area (Å²) < 4.78 is 10.6. The highest BCUT2D eigenvalue weighted by molar-refractivity contribution is 6.26. The highest BCUT2D eigenvalue weighted by Crippen LogP contribution is 2.30. The summed E-state index contributed by atoms with van der Waals surface area (Å²) in [6.45, 7) is 10.8. The number of rotatable bonds is 11. The zero-order chi connectivity index (χ0) is 32.5. The zero-order valence-electron chi connectivity index (χ0n) is 26.4. The Morgan fingerprint density at radius 1 is 0.682 bits per heavy atom. The number of hydrogen-bond donors (Lipinski definition) is 3. The fourth-order valence-electron chi connectivity index (χ4n) is 4.72. The molecular weight excluding hydrogens is 562 g/mol. The van der Waals surface area contributed by atoms with Gasteiger partial charge in [-0.2, -0.15) is 0 Å². The number of allylic oxidation sites excluding steroid dienone is 1. The van der Waals surface area contributed by atoms with Crippen LogP contribution in [0.15, 0.2) is 65.7 Å². The van der Waals surface area contributed by atoms with E-state index in [2.05, 4.69) is 16.0 Å². The monoisotopic (exact) mass is 605 g/mol. The quantitative estimate of drug-likeness (QED) is 0.295. The van der Waals surface area contributed by atoms with Gasteiger partial charge in [0.1, 0.15) is 17.2 Å². The number of fused-ring (bicyclic) bond motifs is 1. The van der Waals surface area contributed by atoms with Crippen LogP contribution in [0.5, 0.6) is 0 Å². The normalized spacial score (nSPS) is 14.0. The minimum Gasteiger partial charge on any atom is -0.444 e. The number of carbonyl (C=O) groups excluding carboxylic acids is 5. The van der Waals surface area contributed by atoms with Crippen LogP contribution < -0.4 is 16.0 Å². The van der Waals surface area contributed by atoms with Crippen LogP contribution >= 0.6 is 0 Å². The van der Waals surface area contributed by atoms with Gasteiger partial charge in [0.15, 0.2) is 11.6 Å². The van der Waals surface area contributed by atoms with Gasteiger partial charge in [-0.25, -0.2) is 9.59 Å². The molecule has 0 bridgehead atoms. The van der Waals surface area contributed by atoms with E-state index in [9.17, 15) is 24.0 Å². The molecule has 0 fully saturated rings. The lowest BCUT2D eigenvalue weighted by Gasteiger charge is -2.24. The average Bonchev–Trinajstić information content (AvgIpc) is 2.93. The van der Waals surface area contributed by atoms with E-state index in [4.69, 9.17) is 9.47 Å². The summed E-state index contributed by atoms with van der Waals surface area (Å²) in [4.78, 5) is 64.8. The standard InChI is InChI=1S/C34H43N3O7/c1-33(2,3)43-31(41)36-19-12-17-25-26(29(39)24-16-11-10-15-23(24)28(25)38)18-20-35-30(40)27(21-22-13-8-7-9-14-22)37-32(42)44-34(4,5)6/h7-11,13-16,27H,12,17-21H2,1-6H3,(H,35,40)(H,36,41)(H,37,42)/t27-/m0/s1. The van der Waals surface area contributed by atoms with Crippen molar-refractivity contribution in [3.05, 3.63) is 82.4 Å². The number of benzene rings is 2. The van der Waals surface area contributed by atoms with Crippen molar-refractivity contribution < 1.29 is 33.4 Å². The third-order valence-electron chi connectivity index (χ3n) is 6.56. The van der Waals surface area contributed by atoms with Crippen molar-refractivity contribution in [2.75, 3.05) is 13.1 Å². The molecule has 0 unspecified atom stereocenters. The van der Waals surface area contributed by atoms with Crippen molar-refractivity contribution in [3.8, 4) is 0 Å². The molecule has 0 radical (unpaired) electrons. The van der Waals surface area contributed by atoms with E-state index in [1.54, 1.807) is 65.8 Å². The second kappa shape index (κ2) is 14.8. The first-order valence-corrected chi connectivity index (χ1v) is 14.8. The number of nitrogens with one attached hydrogen (secondary N) is 3. The second-order valence-electron chi connectivity index (χ2n) is 12.6. The number of alkyl carbamates (subject to hydrolysis) is 2. The lowest BCUT2D eigenvalue weighted by molar-refractivity contribution is -0.123. The molecule has 3 rings (SSSR count). The molecule has 0 aliphatic heterocycles. The first-order chi connectivity index (χ1) is 20.6. The van der Waals surface area contributed by atoms with Gasteiger partial charge >= 0.3 is 12.2 Å². The molecule has 2 aromatic rings. The zero-order valence-corrected chi connectivity index (χ0v) is 26.4. The van der Waals surface area contributed by atoms with Gasteiger partial charge in [0.05, 0.1) is 0 Å². The maximum Gasteiger partial charge on any atom is 0.408 e. The van der Waals surface area contributed by atoms with E-state index in [1.165, 1.54) is 0 Å². The van der Waals surface area contributed by atoms with E-state index >= 15 is 0 Å². The van der Waals surface area contributed by atoms with Gasteiger partial charge in [0.25, 0.3) is 0 Å². The molecule has 3 N–H and O–H groups in total. The summed E-state index contributed by atoms with van der Waals surface area (Å²) in [5, 5.41) is 8.15. The SMILES string of the molecule is CC(C)(C)OC(=O)NCCCC1=C(CCNC(=O)[C@H](Cc2ccccc2)NC(=O)OC(C)(C)C)C(=O)c2ccccc2C1=O. The van der Waals surface area contributed by atoms with Crippen LogP contribution in [0.2, 0.25) is 0 Å². The number of ketones is 2. The van der Waals surface area contributed by atoms with Crippen molar-refractivity contribution >= 4 is 29.7 Å². The van der Waals surface area contributed by atoms with Crippen molar-refractivity contribution in [1.82, 2.24) is 16.0 Å². The number of ether oxygens (including phenoxy) is 2. The average molecular weight is 606 g/mol. The Labute approximate surface area is 259 Å². The van der Waals surface area contributed by atoms with Gasteiger partial charge in [0.2, 0.25) is 5.91 Å². The molecule has 10 heteroatoms. The number of Topliss-reactive ketones (excluding diaryl/α,β-unsaturated/α-hetero) is 2. The van der Waals surface area contributed by atoms with Crippen LogP contribution in [0, 0.1) is 0 Å². The van der Waals surface area contributed by atoms with E-state index in [0.29, 0.717) is 28.7 Å². The van der Waals surface area contributed by atoms with Crippen LogP contribution in [-0.4, -0.2) is 60.0 Å². The molecule has 0 spiro atoms. The van der Waals surface area contributed by atoms with Crippen molar-refractivity contribution in [2.45, 2.75) is 84.5 Å². The molecule has 0 saturated carbocycles. The topological polar surface area (TPSA) is 140 Å². The second-order valence-corrected chi connectivity index (χ2v) is 12.6. The van der Waals surface area contributed by atoms with Crippen LogP contribution in [0.4, 0.5) is 9.59 Å². The Kier molecular flexibility index (Phi) is 11.5. The van der Waals surface area contributed by atoms with Crippen LogP contribution in [0.25, 0.3) is 0 Å². The molecule has 0 saturated heterocycles. The van der Waals surface area contributed by atoms with Gasteiger partial charge < -0.3 is 25.4 Å². The Balaban J connectivity index is 1.72. The van der Waals surface area contributed by atoms with Crippen LogP contribution in [-0.2, 0) is 20.7 Å². The predicted molar refractivity (Wildman–Crippen MR) is 167 cm³/mol. The molecule has 10 nitrogen and oxygen atoms in total. The maximum atomic E-state index is 13.5. The maximum absolute atomic E-state index is 13.5. The summed E-state index contributed by atoms with van der Waals surface area (Å²) in [7, 11) is 0. The molecule has 3 amide bonds.